The van der Waals surface area contributed by atoms with Crippen LogP contribution in [0.5, 0.6) is 0 Å². The molecule has 0 saturated carbocycles. The van der Waals surface area contributed by atoms with Gasteiger partial charge in [-0.3, -0.25) is 29.0 Å². The minimum Gasteiger partial charge on any atom is -0.481 e. The van der Waals surface area contributed by atoms with Gasteiger partial charge >= 0.3 is 5.97 Å². The summed E-state index contributed by atoms with van der Waals surface area (Å²) in [6.07, 6.45) is 1.41. The Hall–Kier alpha value is -4.66. The molecule has 1 aromatic heterocycles. The van der Waals surface area contributed by atoms with E-state index in [-0.39, 0.29) is 45.1 Å². The highest BCUT2D eigenvalue weighted by Crippen LogP contribution is 2.19. The van der Waals surface area contributed by atoms with Crippen LogP contribution in [0.4, 0.5) is 0 Å². The van der Waals surface area contributed by atoms with E-state index in [0.29, 0.717) is 6.42 Å². The van der Waals surface area contributed by atoms with Crippen molar-refractivity contribution in [1.82, 2.24) is 20.1 Å². The van der Waals surface area contributed by atoms with E-state index in [1.807, 2.05) is 30.5 Å². The molecule has 0 bridgehead atoms. The Morgan fingerprint density at radius 3 is 2.41 bits per heavy atom. The molecular formula is C24H35N9O6. The van der Waals surface area contributed by atoms with E-state index in [1.165, 1.54) is 4.90 Å². The second kappa shape index (κ2) is 14.9. The smallest absolute Gasteiger partial charge is 0.312 e. The number of carbonyl (C=O) groups excluding carboxylic acids is 4. The minimum atomic E-state index is -1.36. The summed E-state index contributed by atoms with van der Waals surface area (Å²) >= 11 is 0. The van der Waals surface area contributed by atoms with Gasteiger partial charge in [0.2, 0.25) is 23.6 Å². The molecule has 0 aliphatic rings. The van der Waals surface area contributed by atoms with E-state index < -0.39 is 48.6 Å². The number of aromatic amines is 1. The van der Waals surface area contributed by atoms with Gasteiger partial charge in [0.25, 0.3) is 0 Å². The summed E-state index contributed by atoms with van der Waals surface area (Å²) in [7, 11) is 0. The maximum Gasteiger partial charge on any atom is 0.312 e. The summed E-state index contributed by atoms with van der Waals surface area (Å²) in [5, 5.41) is 12.4. The van der Waals surface area contributed by atoms with Crippen LogP contribution in [0.1, 0.15) is 18.4 Å². The molecule has 1 aromatic carbocycles. The van der Waals surface area contributed by atoms with Gasteiger partial charge in [-0.1, -0.05) is 18.2 Å². The van der Waals surface area contributed by atoms with Crippen LogP contribution in [0, 0.1) is 0 Å². The van der Waals surface area contributed by atoms with Crippen molar-refractivity contribution >= 4 is 46.5 Å². The van der Waals surface area contributed by atoms with Crippen LogP contribution >= 0.6 is 0 Å². The summed E-state index contributed by atoms with van der Waals surface area (Å²) < 4.78 is 0. The van der Waals surface area contributed by atoms with Gasteiger partial charge in [0.05, 0.1) is 19.6 Å². The van der Waals surface area contributed by atoms with Crippen LogP contribution in [0.15, 0.2) is 35.5 Å². The summed E-state index contributed by atoms with van der Waals surface area (Å²) in [4.78, 5) is 68.9. The first-order valence-corrected chi connectivity index (χ1v) is 12.1. The first-order valence-electron chi connectivity index (χ1n) is 12.1. The van der Waals surface area contributed by atoms with Gasteiger partial charge in [-0.2, -0.15) is 0 Å². The zero-order chi connectivity index (χ0) is 28.9. The Labute approximate surface area is 224 Å². The fourth-order valence-electron chi connectivity index (χ4n) is 3.90. The molecule has 2 rings (SSSR count). The second-order valence-corrected chi connectivity index (χ2v) is 8.86. The number of nitrogens with zero attached hydrogens (tertiary/aromatic N) is 3. The quantitative estimate of drug-likeness (QED) is 0.0663. The van der Waals surface area contributed by atoms with Crippen molar-refractivity contribution < 1.29 is 29.1 Å². The number of aliphatic carboxylic acids is 1. The predicted octanol–water partition coefficient (Wildman–Crippen LogP) is -2.57. The second-order valence-electron chi connectivity index (χ2n) is 8.86. The minimum absolute atomic E-state index is 0.0325. The number of aromatic nitrogens is 1. The number of carbonyl (C=O) groups is 5. The largest absolute Gasteiger partial charge is 0.481 e. The fraction of sp³-hybridized carbons (Fsp3) is 0.417. The molecule has 0 unspecified atom stereocenters. The normalized spacial score (nSPS) is 11.4. The highest BCUT2D eigenvalue weighted by Gasteiger charge is 2.22. The average molecular weight is 546 g/mol. The molecule has 0 spiro atoms. The van der Waals surface area contributed by atoms with Crippen molar-refractivity contribution in [1.29, 1.82) is 0 Å². The third-order valence-corrected chi connectivity index (χ3v) is 5.62. The maximum atomic E-state index is 12.9. The van der Waals surface area contributed by atoms with Crippen LogP contribution in [0.3, 0.4) is 0 Å². The van der Waals surface area contributed by atoms with Crippen LogP contribution in [-0.2, 0) is 30.4 Å². The highest BCUT2D eigenvalue weighted by molar-refractivity contribution is 5.95. The number of aliphatic imine (C=N–C) groups is 1. The van der Waals surface area contributed by atoms with Crippen LogP contribution in [-0.4, -0.2) is 101 Å². The van der Waals surface area contributed by atoms with Gasteiger partial charge in [0.1, 0.15) is 6.42 Å². The molecule has 0 fully saturated rings. The number of carboxylic acid groups (broad SMARTS) is 1. The fourth-order valence-corrected chi connectivity index (χ4v) is 3.90. The number of amides is 4. The molecule has 2 aromatic rings. The summed E-state index contributed by atoms with van der Waals surface area (Å²) in [5.41, 5.74) is 24.1. The Morgan fingerprint density at radius 2 is 1.74 bits per heavy atom. The Kier molecular flexibility index (Phi) is 11.7. The average Bonchev–Trinajstić information content (AvgIpc) is 3.24. The van der Waals surface area contributed by atoms with Crippen molar-refractivity contribution in [2.75, 3.05) is 39.3 Å². The SMILES string of the molecule is NC(=O)CN(CCNC(=O)CN(C[C@@H](N)Cc1c[nH]c2ccccc12)C(=O)CCN=C(N)N)C(=O)CC(=O)O. The lowest BCUT2D eigenvalue weighted by molar-refractivity contribution is -0.145. The van der Waals surface area contributed by atoms with Gasteiger partial charge in [-0.05, 0) is 18.1 Å². The number of nitrogens with one attached hydrogen (secondary N) is 2. The van der Waals surface area contributed by atoms with Gasteiger partial charge < -0.3 is 48.1 Å². The number of rotatable bonds is 16. The topological polar surface area (TPSA) is 256 Å². The first kappa shape index (κ1) is 30.6. The highest BCUT2D eigenvalue weighted by atomic mass is 16.4. The number of para-hydroxylation sites is 1. The monoisotopic (exact) mass is 545 g/mol. The van der Waals surface area contributed by atoms with Crippen LogP contribution in [0.25, 0.3) is 10.9 Å². The predicted molar refractivity (Wildman–Crippen MR) is 143 cm³/mol. The summed E-state index contributed by atoms with van der Waals surface area (Å²) in [6, 6.07) is 7.22. The van der Waals surface area contributed by atoms with Crippen molar-refractivity contribution in [3.05, 3.63) is 36.0 Å². The standard InChI is InChI=1S/C24H35N9O6/c25-16(9-15-11-31-18-4-2-1-3-17(15)18)12-33(21(36)5-6-30-24(27)28)14-20(35)29-7-8-32(13-19(26)34)22(37)10-23(38)39/h1-4,11,16,31H,5-10,12-14,25H2,(H2,26,34)(H,29,35)(H,38,39)(H4,27,28,30)/t16-/m0/s1. The Morgan fingerprint density at radius 1 is 1.03 bits per heavy atom. The summed E-state index contributed by atoms with van der Waals surface area (Å²) in [6.45, 7) is -0.987. The zero-order valence-corrected chi connectivity index (χ0v) is 21.5. The van der Waals surface area contributed by atoms with Crippen molar-refractivity contribution in [2.24, 2.45) is 27.9 Å². The molecule has 0 aliphatic carbocycles. The number of H-pyrrole nitrogens is 1. The van der Waals surface area contributed by atoms with Crippen LogP contribution < -0.4 is 28.3 Å². The number of guanidine groups is 1. The maximum absolute atomic E-state index is 12.9. The first-order chi connectivity index (χ1) is 18.5. The lowest BCUT2D eigenvalue weighted by atomic mass is 10.0. The lowest BCUT2D eigenvalue weighted by Gasteiger charge is -2.26. The van der Waals surface area contributed by atoms with E-state index >= 15 is 0 Å². The Bertz CT molecular complexity index is 1210. The number of hydrogen-bond donors (Lipinski definition) is 7. The van der Waals surface area contributed by atoms with Gasteiger partial charge in [0.15, 0.2) is 5.96 Å². The van der Waals surface area contributed by atoms with Crippen molar-refractivity contribution in [3.8, 4) is 0 Å². The molecule has 0 aliphatic heterocycles. The molecule has 11 N–H and O–H groups in total. The number of benzene rings is 1. The van der Waals surface area contributed by atoms with E-state index in [0.717, 1.165) is 21.4 Å². The molecule has 212 valence electrons. The van der Waals surface area contributed by atoms with E-state index in [1.54, 1.807) is 0 Å². The molecule has 0 radical (unpaired) electrons. The number of hydrogen-bond acceptors (Lipinski definition) is 7. The third-order valence-electron chi connectivity index (χ3n) is 5.62. The van der Waals surface area contributed by atoms with E-state index in [4.69, 9.17) is 28.0 Å². The molecule has 4 amide bonds. The third kappa shape index (κ3) is 10.7. The number of primary amides is 1. The van der Waals surface area contributed by atoms with E-state index in [9.17, 15) is 24.0 Å². The molecule has 1 heterocycles. The summed E-state index contributed by atoms with van der Waals surface area (Å²) in [5.74, 6) is -4.12. The van der Waals surface area contributed by atoms with Crippen molar-refractivity contribution in [2.45, 2.75) is 25.3 Å². The van der Waals surface area contributed by atoms with Crippen LogP contribution in [0.2, 0.25) is 0 Å². The zero-order valence-electron chi connectivity index (χ0n) is 21.5. The molecule has 0 saturated heterocycles. The van der Waals surface area contributed by atoms with Gasteiger partial charge in [0, 0.05) is 49.2 Å². The van der Waals surface area contributed by atoms with E-state index in [2.05, 4.69) is 15.3 Å². The molecule has 1 atom stereocenters. The van der Waals surface area contributed by atoms with Gasteiger partial charge in [-0.15, -0.1) is 0 Å². The number of nitrogens with two attached hydrogens (primary N) is 4. The number of carboxylic acids is 1. The van der Waals surface area contributed by atoms with Crippen molar-refractivity contribution in [3.63, 3.8) is 0 Å². The molecule has 15 nitrogen and oxygen atoms in total. The molecular weight excluding hydrogens is 510 g/mol. The number of fused-ring (bicyclic) bond motifs is 1. The molecule has 39 heavy (non-hydrogen) atoms. The molecule has 15 heteroatoms. The lowest BCUT2D eigenvalue weighted by Crippen LogP contribution is -2.48. The van der Waals surface area contributed by atoms with Gasteiger partial charge in [-0.25, -0.2) is 0 Å². The Balaban J connectivity index is 2.01.